The van der Waals surface area contributed by atoms with Gasteiger partial charge >= 0.3 is 6.03 Å². The van der Waals surface area contributed by atoms with Gasteiger partial charge in [-0.15, -0.1) is 0 Å². The summed E-state index contributed by atoms with van der Waals surface area (Å²) in [6, 6.07) is 10.2. The normalized spacial score (nSPS) is 14.6. The van der Waals surface area contributed by atoms with E-state index in [1.165, 1.54) is 0 Å². The number of benzene rings is 1. The first-order chi connectivity index (χ1) is 13.8. The number of fused-ring (bicyclic) bond motifs is 1. The zero-order chi connectivity index (χ0) is 20.6. The van der Waals surface area contributed by atoms with Gasteiger partial charge in [0.25, 0.3) is 5.91 Å². The van der Waals surface area contributed by atoms with Gasteiger partial charge in [0.2, 0.25) is 0 Å². The van der Waals surface area contributed by atoms with Crippen LogP contribution >= 0.6 is 0 Å². The van der Waals surface area contributed by atoms with Crippen molar-refractivity contribution in [3.8, 4) is 0 Å². The van der Waals surface area contributed by atoms with Gasteiger partial charge in [-0.2, -0.15) is 0 Å². The summed E-state index contributed by atoms with van der Waals surface area (Å²) in [7, 11) is 0. The van der Waals surface area contributed by atoms with Crippen LogP contribution in [0.4, 0.5) is 22.0 Å². The second kappa shape index (κ2) is 6.97. The summed E-state index contributed by atoms with van der Waals surface area (Å²) in [6.45, 7) is 5.98. The summed E-state index contributed by atoms with van der Waals surface area (Å²) in [5.41, 5.74) is 3.17. The average molecular weight is 391 g/mol. The van der Waals surface area contributed by atoms with Crippen LogP contribution in [0.25, 0.3) is 11.6 Å². The van der Waals surface area contributed by atoms with Gasteiger partial charge in [-0.25, -0.2) is 4.79 Å². The third-order valence-electron chi connectivity index (χ3n) is 4.47. The molecule has 0 saturated heterocycles. The Morgan fingerprint density at radius 2 is 2.00 bits per heavy atom. The highest BCUT2D eigenvalue weighted by atomic mass is 16.5. The van der Waals surface area contributed by atoms with Crippen molar-refractivity contribution in [2.75, 3.05) is 16.0 Å². The lowest BCUT2D eigenvalue weighted by molar-refractivity contribution is -0.110. The minimum absolute atomic E-state index is 0.187. The van der Waals surface area contributed by atoms with E-state index in [1.807, 2.05) is 32.9 Å². The van der Waals surface area contributed by atoms with Crippen molar-refractivity contribution in [1.82, 2.24) is 10.1 Å². The predicted molar refractivity (Wildman–Crippen MR) is 112 cm³/mol. The van der Waals surface area contributed by atoms with E-state index in [0.29, 0.717) is 28.5 Å². The molecule has 2 aromatic heterocycles. The molecule has 1 aromatic carbocycles. The van der Waals surface area contributed by atoms with Crippen LogP contribution in [0.1, 0.15) is 37.8 Å². The van der Waals surface area contributed by atoms with Gasteiger partial charge in [-0.1, -0.05) is 32.0 Å². The van der Waals surface area contributed by atoms with Crippen LogP contribution in [0.15, 0.2) is 47.1 Å². The van der Waals surface area contributed by atoms with Crippen LogP contribution in [0.5, 0.6) is 0 Å². The number of aromatic nitrogens is 2. The van der Waals surface area contributed by atoms with Crippen LogP contribution in [0.3, 0.4) is 0 Å². The summed E-state index contributed by atoms with van der Waals surface area (Å²) >= 11 is 0. The number of H-pyrrole nitrogens is 1. The third kappa shape index (κ3) is 3.91. The Morgan fingerprint density at radius 3 is 2.69 bits per heavy atom. The molecular formula is C21H21N5O3. The van der Waals surface area contributed by atoms with Crippen LogP contribution in [-0.2, 0) is 10.2 Å². The fraction of sp³-hybridized carbons (Fsp3) is 0.190. The largest absolute Gasteiger partial charge is 0.362 e. The molecule has 29 heavy (non-hydrogen) atoms. The molecule has 0 fully saturated rings. The van der Waals surface area contributed by atoms with E-state index in [2.05, 4.69) is 26.1 Å². The molecule has 4 N–H and O–H groups in total. The van der Waals surface area contributed by atoms with E-state index in [1.54, 1.807) is 36.5 Å². The maximum atomic E-state index is 12.3. The van der Waals surface area contributed by atoms with E-state index in [0.717, 1.165) is 11.3 Å². The van der Waals surface area contributed by atoms with Gasteiger partial charge in [-0.05, 0) is 30.3 Å². The Balaban J connectivity index is 1.47. The van der Waals surface area contributed by atoms with Crippen molar-refractivity contribution in [3.63, 3.8) is 0 Å². The number of carbonyl (C=O) groups excluding carboxylic acids is 2. The average Bonchev–Trinajstić information content (AvgIpc) is 3.36. The summed E-state index contributed by atoms with van der Waals surface area (Å²) in [5, 5.41) is 12.1. The van der Waals surface area contributed by atoms with Crippen molar-refractivity contribution in [2.45, 2.75) is 26.2 Å². The molecule has 3 amide bonds. The Bertz CT molecular complexity index is 1100. The van der Waals surface area contributed by atoms with Crippen molar-refractivity contribution in [2.24, 2.45) is 0 Å². The van der Waals surface area contributed by atoms with Gasteiger partial charge in [0, 0.05) is 34.6 Å². The molecule has 0 aliphatic carbocycles. The van der Waals surface area contributed by atoms with Gasteiger partial charge in [-0.3, -0.25) is 10.1 Å². The predicted octanol–water partition coefficient (Wildman–Crippen LogP) is 4.44. The molecule has 0 radical (unpaired) electrons. The zero-order valence-electron chi connectivity index (χ0n) is 16.3. The first-order valence-corrected chi connectivity index (χ1v) is 9.16. The van der Waals surface area contributed by atoms with Crippen molar-refractivity contribution in [3.05, 3.63) is 59.6 Å². The van der Waals surface area contributed by atoms with Gasteiger partial charge in [0.1, 0.15) is 5.76 Å². The molecule has 0 atom stereocenters. The lowest BCUT2D eigenvalue weighted by Crippen LogP contribution is -2.19. The molecule has 4 rings (SSSR count). The molecule has 0 bridgehead atoms. The summed E-state index contributed by atoms with van der Waals surface area (Å²) in [5.74, 6) is 0.820. The second-order valence-electron chi connectivity index (χ2n) is 7.80. The lowest BCUT2D eigenvalue weighted by Gasteiger charge is -2.12. The highest BCUT2D eigenvalue weighted by Crippen LogP contribution is 2.35. The van der Waals surface area contributed by atoms with Gasteiger partial charge in [0.05, 0.1) is 11.3 Å². The van der Waals surface area contributed by atoms with Gasteiger partial charge in [0.15, 0.2) is 5.82 Å². The topological polar surface area (TPSA) is 112 Å². The van der Waals surface area contributed by atoms with E-state index in [9.17, 15) is 9.59 Å². The SMILES string of the molecule is CC(C)(C)c1cc(NC(=O)Nc2ccc3c(c2)NC(=O)/C3=C\c2ccc[nH]2)no1. The molecule has 8 nitrogen and oxygen atoms in total. The Labute approximate surface area is 167 Å². The Kier molecular flexibility index (Phi) is 4.46. The monoisotopic (exact) mass is 391 g/mol. The minimum atomic E-state index is -0.454. The van der Waals surface area contributed by atoms with Crippen LogP contribution in [0, 0.1) is 0 Å². The van der Waals surface area contributed by atoms with Crippen LogP contribution < -0.4 is 16.0 Å². The lowest BCUT2D eigenvalue weighted by atomic mass is 9.93. The van der Waals surface area contributed by atoms with E-state index in [-0.39, 0.29) is 11.3 Å². The van der Waals surface area contributed by atoms with E-state index >= 15 is 0 Å². The number of hydrogen-bond acceptors (Lipinski definition) is 4. The number of anilines is 3. The third-order valence-corrected chi connectivity index (χ3v) is 4.47. The maximum absolute atomic E-state index is 12.3. The van der Waals surface area contributed by atoms with Crippen LogP contribution in [-0.4, -0.2) is 22.1 Å². The number of aromatic amines is 1. The fourth-order valence-corrected chi connectivity index (χ4v) is 2.97. The molecule has 148 valence electrons. The standard InChI is InChI=1S/C21H21N5O3/c1-21(2,3)17-11-18(26-29-17)25-20(28)23-13-6-7-14-15(9-12-5-4-8-22-12)19(27)24-16(14)10-13/h4-11,22H,1-3H3,(H,24,27)(H2,23,25,26,28)/b15-9-. The highest BCUT2D eigenvalue weighted by Gasteiger charge is 2.25. The molecule has 3 aromatic rings. The minimum Gasteiger partial charge on any atom is -0.362 e. The number of nitrogens with zero attached hydrogens (tertiary/aromatic N) is 1. The number of urea groups is 1. The zero-order valence-corrected chi connectivity index (χ0v) is 16.3. The molecule has 8 heteroatoms. The highest BCUT2D eigenvalue weighted by molar-refractivity contribution is 6.35. The Hall–Kier alpha value is -3.81. The van der Waals surface area contributed by atoms with E-state index < -0.39 is 6.03 Å². The fourth-order valence-electron chi connectivity index (χ4n) is 2.97. The van der Waals surface area contributed by atoms with Crippen molar-refractivity contribution >= 4 is 40.8 Å². The maximum Gasteiger partial charge on any atom is 0.324 e. The summed E-state index contributed by atoms with van der Waals surface area (Å²) in [4.78, 5) is 27.6. The Morgan fingerprint density at radius 1 is 1.17 bits per heavy atom. The summed E-state index contributed by atoms with van der Waals surface area (Å²) in [6.07, 6.45) is 3.59. The molecule has 0 spiro atoms. The van der Waals surface area contributed by atoms with E-state index in [4.69, 9.17) is 4.52 Å². The molecule has 0 unspecified atom stereocenters. The molecule has 1 aliphatic heterocycles. The number of carbonyl (C=O) groups is 2. The van der Waals surface area contributed by atoms with Crippen molar-refractivity contribution < 1.29 is 14.1 Å². The number of nitrogens with one attached hydrogen (secondary N) is 4. The quantitative estimate of drug-likeness (QED) is 0.495. The first kappa shape index (κ1) is 18.5. The van der Waals surface area contributed by atoms with Crippen LogP contribution in [0.2, 0.25) is 0 Å². The second-order valence-corrected chi connectivity index (χ2v) is 7.80. The molecule has 0 saturated carbocycles. The number of hydrogen-bond donors (Lipinski definition) is 4. The first-order valence-electron chi connectivity index (χ1n) is 9.16. The molecule has 1 aliphatic rings. The number of amides is 3. The van der Waals surface area contributed by atoms with Crippen molar-refractivity contribution in [1.29, 1.82) is 0 Å². The number of rotatable bonds is 3. The smallest absolute Gasteiger partial charge is 0.324 e. The van der Waals surface area contributed by atoms with Gasteiger partial charge < -0.3 is 20.1 Å². The molecule has 3 heterocycles. The molecular weight excluding hydrogens is 370 g/mol. The summed E-state index contributed by atoms with van der Waals surface area (Å²) < 4.78 is 5.26.